The number of carbonyl (C=O) groups excluding carboxylic acids is 3. The van der Waals surface area contributed by atoms with Gasteiger partial charge in [-0.3, -0.25) is 9.59 Å². The summed E-state index contributed by atoms with van der Waals surface area (Å²) in [6.07, 6.45) is 2.74. The second kappa shape index (κ2) is 4.66. The van der Waals surface area contributed by atoms with Crippen molar-refractivity contribution in [2.45, 2.75) is 32.5 Å². The van der Waals surface area contributed by atoms with Gasteiger partial charge >= 0.3 is 11.9 Å². The predicted octanol–water partition coefficient (Wildman–Crippen LogP) is 1.74. The number of carbonyl (C=O) groups is 3. The zero-order valence-electron chi connectivity index (χ0n) is 12.6. The van der Waals surface area contributed by atoms with Crippen LogP contribution in [0.3, 0.4) is 0 Å². The fraction of sp³-hybridized carbons (Fsp3) is 0.471. The van der Waals surface area contributed by atoms with E-state index in [0.29, 0.717) is 17.6 Å². The zero-order valence-corrected chi connectivity index (χ0v) is 12.6. The Morgan fingerprint density at radius 3 is 2.68 bits per heavy atom. The lowest BCUT2D eigenvalue weighted by molar-refractivity contribution is -0.167. The van der Waals surface area contributed by atoms with Crippen molar-refractivity contribution in [2.75, 3.05) is 0 Å². The molecule has 2 aliphatic carbocycles. The van der Waals surface area contributed by atoms with Gasteiger partial charge < -0.3 is 9.47 Å². The van der Waals surface area contributed by atoms with E-state index in [-0.39, 0.29) is 11.7 Å². The minimum atomic E-state index is -0.622. The molecule has 22 heavy (non-hydrogen) atoms. The molecule has 5 atom stereocenters. The summed E-state index contributed by atoms with van der Waals surface area (Å²) in [6, 6.07) is 0. The lowest BCUT2D eigenvalue weighted by Gasteiger charge is -2.50. The summed E-state index contributed by atoms with van der Waals surface area (Å²) < 4.78 is 10.9. The summed E-state index contributed by atoms with van der Waals surface area (Å²) in [5.41, 5.74) is 0.140. The van der Waals surface area contributed by atoms with E-state index in [9.17, 15) is 14.4 Å². The first-order chi connectivity index (χ1) is 10.3. The first-order valence-electron chi connectivity index (χ1n) is 7.25. The van der Waals surface area contributed by atoms with Crippen molar-refractivity contribution in [2.24, 2.45) is 17.3 Å². The molecule has 5 unspecified atom stereocenters. The fourth-order valence-electron chi connectivity index (χ4n) is 3.92. The standard InChI is InChI=1S/C17H18O5/c1-8-11-7-13(21-10(3)18)17(4)6-5-12(19)9(2)14(17)15(11)22-16(8)20/h5-6,11,13-15H,1-2,7H2,3-4H3. The molecule has 1 saturated carbocycles. The normalized spacial score (nSPS) is 40.1. The minimum Gasteiger partial charge on any atom is -0.462 e. The highest BCUT2D eigenvalue weighted by Gasteiger charge is 2.60. The number of fused-ring (bicyclic) bond motifs is 3. The van der Waals surface area contributed by atoms with Gasteiger partial charge in [-0.05, 0) is 12.5 Å². The van der Waals surface area contributed by atoms with Crippen LogP contribution in [-0.2, 0) is 23.9 Å². The SMILES string of the molecule is C=C1C(=O)OC2C1CC(OC(C)=O)C1(C)C=CC(=O)C(=C)C21. The average Bonchev–Trinajstić information content (AvgIpc) is 2.70. The smallest absolute Gasteiger partial charge is 0.334 e. The van der Waals surface area contributed by atoms with Crippen molar-refractivity contribution in [3.8, 4) is 0 Å². The van der Waals surface area contributed by atoms with Crippen LogP contribution < -0.4 is 0 Å². The summed E-state index contributed by atoms with van der Waals surface area (Å²) in [6.45, 7) is 10.9. The second-order valence-electron chi connectivity index (χ2n) is 6.40. The Bertz CT molecular complexity index is 643. The maximum atomic E-state index is 12.0. The lowest BCUT2D eigenvalue weighted by atomic mass is 9.56. The Morgan fingerprint density at radius 2 is 2.05 bits per heavy atom. The van der Waals surface area contributed by atoms with Gasteiger partial charge in [0.2, 0.25) is 0 Å². The molecule has 1 aliphatic heterocycles. The highest BCUT2D eigenvalue weighted by molar-refractivity contribution is 6.05. The average molecular weight is 302 g/mol. The molecule has 2 fully saturated rings. The van der Waals surface area contributed by atoms with Crippen LogP contribution in [-0.4, -0.2) is 29.9 Å². The molecule has 0 bridgehead atoms. The molecule has 0 spiro atoms. The summed E-state index contributed by atoms with van der Waals surface area (Å²) in [5.74, 6) is -1.69. The van der Waals surface area contributed by atoms with E-state index in [2.05, 4.69) is 13.2 Å². The van der Waals surface area contributed by atoms with Crippen LogP contribution in [0.4, 0.5) is 0 Å². The third-order valence-corrected chi connectivity index (χ3v) is 5.10. The van der Waals surface area contributed by atoms with Crippen LogP contribution in [0, 0.1) is 17.3 Å². The van der Waals surface area contributed by atoms with Crippen molar-refractivity contribution in [3.05, 3.63) is 36.5 Å². The predicted molar refractivity (Wildman–Crippen MR) is 77.6 cm³/mol. The van der Waals surface area contributed by atoms with Gasteiger partial charge in [-0.25, -0.2) is 4.79 Å². The molecule has 0 aromatic carbocycles. The number of allylic oxidation sites excluding steroid dienone is 1. The van der Waals surface area contributed by atoms with E-state index < -0.39 is 35.5 Å². The Morgan fingerprint density at radius 1 is 1.36 bits per heavy atom. The van der Waals surface area contributed by atoms with E-state index >= 15 is 0 Å². The highest BCUT2D eigenvalue weighted by atomic mass is 16.6. The summed E-state index contributed by atoms with van der Waals surface area (Å²) >= 11 is 0. The molecule has 3 aliphatic rings. The molecule has 0 radical (unpaired) electrons. The third kappa shape index (κ3) is 1.88. The molecule has 5 nitrogen and oxygen atoms in total. The Kier molecular flexibility index (Phi) is 3.13. The van der Waals surface area contributed by atoms with Gasteiger partial charge in [0.05, 0.1) is 0 Å². The second-order valence-corrected chi connectivity index (χ2v) is 6.40. The zero-order chi connectivity index (χ0) is 16.2. The van der Waals surface area contributed by atoms with Crippen molar-refractivity contribution in [3.63, 3.8) is 0 Å². The number of ether oxygens (including phenoxy) is 2. The fourth-order valence-corrected chi connectivity index (χ4v) is 3.92. The van der Waals surface area contributed by atoms with E-state index in [1.807, 2.05) is 6.92 Å². The quantitative estimate of drug-likeness (QED) is 0.545. The molecule has 0 amide bonds. The van der Waals surface area contributed by atoms with Crippen LogP contribution in [0.2, 0.25) is 0 Å². The van der Waals surface area contributed by atoms with Crippen LogP contribution in [0.25, 0.3) is 0 Å². The van der Waals surface area contributed by atoms with Crippen molar-refractivity contribution in [1.82, 2.24) is 0 Å². The first kappa shape index (κ1) is 14.8. The lowest BCUT2D eigenvalue weighted by Crippen LogP contribution is -2.55. The van der Waals surface area contributed by atoms with Crippen molar-refractivity contribution < 1.29 is 23.9 Å². The van der Waals surface area contributed by atoms with Crippen LogP contribution in [0.15, 0.2) is 36.5 Å². The van der Waals surface area contributed by atoms with Gasteiger partial charge in [-0.2, -0.15) is 0 Å². The highest BCUT2D eigenvalue weighted by Crippen LogP contribution is 2.55. The maximum Gasteiger partial charge on any atom is 0.334 e. The largest absolute Gasteiger partial charge is 0.462 e. The van der Waals surface area contributed by atoms with Crippen LogP contribution in [0.5, 0.6) is 0 Å². The molecule has 1 saturated heterocycles. The van der Waals surface area contributed by atoms with Gasteiger partial charge in [0.25, 0.3) is 0 Å². The Labute approximate surface area is 128 Å². The van der Waals surface area contributed by atoms with E-state index in [0.717, 1.165) is 0 Å². The Hall–Kier alpha value is -2.17. The van der Waals surface area contributed by atoms with Gasteiger partial charge in [0.1, 0.15) is 12.2 Å². The number of esters is 2. The minimum absolute atomic E-state index is 0.182. The monoisotopic (exact) mass is 302 g/mol. The van der Waals surface area contributed by atoms with E-state index in [1.165, 1.54) is 13.0 Å². The number of rotatable bonds is 1. The van der Waals surface area contributed by atoms with Gasteiger partial charge in [-0.1, -0.05) is 26.2 Å². The van der Waals surface area contributed by atoms with Gasteiger partial charge in [-0.15, -0.1) is 0 Å². The Balaban J connectivity index is 2.09. The molecule has 0 aromatic heterocycles. The summed E-state index contributed by atoms with van der Waals surface area (Å²) in [5, 5.41) is 0. The number of ketones is 1. The van der Waals surface area contributed by atoms with Crippen LogP contribution in [0.1, 0.15) is 20.3 Å². The molecular weight excluding hydrogens is 284 g/mol. The summed E-state index contributed by atoms with van der Waals surface area (Å²) in [7, 11) is 0. The number of hydrogen-bond acceptors (Lipinski definition) is 5. The van der Waals surface area contributed by atoms with Crippen LogP contribution >= 0.6 is 0 Å². The van der Waals surface area contributed by atoms with Crippen molar-refractivity contribution >= 4 is 17.7 Å². The van der Waals surface area contributed by atoms with E-state index in [1.54, 1.807) is 6.08 Å². The summed E-state index contributed by atoms with van der Waals surface area (Å²) in [4.78, 5) is 35.3. The molecule has 0 N–H and O–H groups in total. The van der Waals surface area contributed by atoms with Gasteiger partial charge in [0, 0.05) is 35.3 Å². The molecule has 116 valence electrons. The van der Waals surface area contributed by atoms with Crippen molar-refractivity contribution in [1.29, 1.82) is 0 Å². The molecule has 1 heterocycles. The van der Waals surface area contributed by atoms with E-state index in [4.69, 9.17) is 9.47 Å². The van der Waals surface area contributed by atoms with Gasteiger partial charge in [0.15, 0.2) is 5.78 Å². The first-order valence-corrected chi connectivity index (χ1v) is 7.25. The molecular formula is C17H18O5. The number of hydrogen-bond donors (Lipinski definition) is 0. The topological polar surface area (TPSA) is 69.7 Å². The molecule has 5 heteroatoms. The molecule has 0 aromatic rings. The molecule has 3 rings (SSSR count). The maximum absolute atomic E-state index is 12.0. The third-order valence-electron chi connectivity index (χ3n) is 5.10.